The molecule has 2 aromatic carbocycles. The average molecular weight is 491 g/mol. The van der Waals surface area contributed by atoms with Gasteiger partial charge in [-0.05, 0) is 47.5 Å². The maximum absolute atomic E-state index is 13.1. The standard InChI is InChI=1S/C23H26NO3.HI/c1-24(2)15-19(13-17-5-9-21(26-3)10-6-17)23(25)20(16-24)14-18-7-11-22(27-4)12-8-18;/h5-14H,15-16H2,1-4H3;1H/q+1;/p-1. The van der Waals surface area contributed by atoms with Gasteiger partial charge in [0.2, 0.25) is 0 Å². The molecule has 0 radical (unpaired) electrons. The van der Waals surface area contributed by atoms with Crippen LogP contribution in [0.5, 0.6) is 11.5 Å². The Morgan fingerprint density at radius 2 is 1.11 bits per heavy atom. The number of likely N-dealkylation sites (N-methyl/N-ethyl adjacent to an activating group) is 1. The highest BCUT2D eigenvalue weighted by Gasteiger charge is 2.33. The molecule has 3 rings (SSSR count). The third-order valence-corrected chi connectivity index (χ3v) is 4.69. The van der Waals surface area contributed by atoms with E-state index in [0.29, 0.717) is 13.1 Å². The molecule has 0 N–H and O–H groups in total. The Balaban J connectivity index is 0.00000280. The van der Waals surface area contributed by atoms with Crippen LogP contribution in [0.3, 0.4) is 0 Å². The summed E-state index contributed by atoms with van der Waals surface area (Å²) in [4.78, 5) is 13.1. The van der Waals surface area contributed by atoms with Gasteiger partial charge in [-0.25, -0.2) is 0 Å². The summed E-state index contributed by atoms with van der Waals surface area (Å²) in [5, 5.41) is 0. The number of halogens is 1. The molecule has 1 saturated heterocycles. The second kappa shape index (κ2) is 9.39. The van der Waals surface area contributed by atoms with Crippen LogP contribution in [0.2, 0.25) is 0 Å². The minimum absolute atomic E-state index is 0. The molecule has 0 unspecified atom stereocenters. The highest BCUT2D eigenvalue weighted by molar-refractivity contribution is 6.14. The van der Waals surface area contributed by atoms with Crippen molar-refractivity contribution in [3.8, 4) is 11.5 Å². The predicted octanol–water partition coefficient (Wildman–Crippen LogP) is 0.834. The number of nitrogens with zero attached hydrogens (tertiary/aromatic N) is 1. The minimum atomic E-state index is 0. The molecular weight excluding hydrogens is 465 g/mol. The summed E-state index contributed by atoms with van der Waals surface area (Å²) in [5.41, 5.74) is 3.67. The fraction of sp³-hybridized carbons (Fsp3) is 0.261. The van der Waals surface area contributed by atoms with E-state index in [1.54, 1.807) is 14.2 Å². The summed E-state index contributed by atoms with van der Waals surface area (Å²) < 4.78 is 11.2. The van der Waals surface area contributed by atoms with Crippen molar-refractivity contribution >= 4 is 17.9 Å². The fourth-order valence-electron chi connectivity index (χ4n) is 3.35. The maximum atomic E-state index is 13.1. The summed E-state index contributed by atoms with van der Waals surface area (Å²) in [6.07, 6.45) is 3.98. The van der Waals surface area contributed by atoms with Gasteiger partial charge in [0.1, 0.15) is 24.6 Å². The molecule has 5 heteroatoms. The van der Waals surface area contributed by atoms with Gasteiger partial charge < -0.3 is 37.9 Å². The lowest BCUT2D eigenvalue weighted by Gasteiger charge is -2.35. The van der Waals surface area contributed by atoms with Crippen LogP contribution in [0, 0.1) is 0 Å². The zero-order valence-corrected chi connectivity index (χ0v) is 18.9. The predicted molar refractivity (Wildman–Crippen MR) is 109 cm³/mol. The zero-order chi connectivity index (χ0) is 19.4. The number of likely N-dealkylation sites (tertiary alicyclic amines) is 1. The van der Waals surface area contributed by atoms with E-state index < -0.39 is 0 Å². The summed E-state index contributed by atoms with van der Waals surface area (Å²) >= 11 is 0. The van der Waals surface area contributed by atoms with E-state index in [0.717, 1.165) is 38.3 Å². The number of piperidine rings is 1. The third-order valence-electron chi connectivity index (χ3n) is 4.69. The molecule has 0 saturated carbocycles. The number of carbonyl (C=O) groups excluding carboxylic acids is 1. The first-order chi connectivity index (χ1) is 12.9. The van der Waals surface area contributed by atoms with E-state index >= 15 is 0 Å². The zero-order valence-electron chi connectivity index (χ0n) is 16.7. The number of rotatable bonds is 4. The molecule has 148 valence electrons. The molecule has 0 atom stereocenters. The molecule has 0 bridgehead atoms. The second-order valence-electron chi connectivity index (χ2n) is 7.47. The van der Waals surface area contributed by atoms with Crippen molar-refractivity contribution < 1.29 is 42.7 Å². The van der Waals surface area contributed by atoms with Crippen molar-refractivity contribution in [3.05, 3.63) is 70.8 Å². The SMILES string of the molecule is COc1ccc(C=C2C[N+](C)(C)CC(=Cc3ccc(OC)cc3)C2=O)cc1.[I-]. The Morgan fingerprint density at radius 1 is 0.750 bits per heavy atom. The number of hydrogen-bond acceptors (Lipinski definition) is 3. The van der Waals surface area contributed by atoms with Gasteiger partial charge in [-0.15, -0.1) is 0 Å². The van der Waals surface area contributed by atoms with Gasteiger partial charge in [0.25, 0.3) is 0 Å². The summed E-state index contributed by atoms with van der Waals surface area (Å²) in [7, 11) is 7.59. The maximum Gasteiger partial charge on any atom is 0.196 e. The van der Waals surface area contributed by atoms with Crippen molar-refractivity contribution in [1.82, 2.24) is 0 Å². The number of benzene rings is 2. The van der Waals surface area contributed by atoms with E-state index in [1.807, 2.05) is 60.7 Å². The number of methoxy groups -OCH3 is 2. The number of Topliss-reactive ketones (excluding diaryl/α,β-unsaturated/α-hetero) is 1. The molecule has 0 spiro atoms. The van der Waals surface area contributed by atoms with E-state index in [9.17, 15) is 4.79 Å². The minimum Gasteiger partial charge on any atom is -1.00 e. The van der Waals surface area contributed by atoms with Crippen LogP contribution in [0.15, 0.2) is 59.7 Å². The quantitative estimate of drug-likeness (QED) is 0.362. The first kappa shape index (κ1) is 22.2. The molecule has 0 aromatic heterocycles. The first-order valence-electron chi connectivity index (χ1n) is 8.96. The average Bonchev–Trinajstić information content (AvgIpc) is 2.66. The summed E-state index contributed by atoms with van der Waals surface area (Å²) in [6, 6.07) is 15.5. The Morgan fingerprint density at radius 3 is 1.43 bits per heavy atom. The normalized spacial score (nSPS) is 18.6. The van der Waals surface area contributed by atoms with Crippen molar-refractivity contribution in [2.45, 2.75) is 0 Å². The van der Waals surface area contributed by atoms with Crippen LogP contribution in [0.25, 0.3) is 12.2 Å². The Bertz CT molecular complexity index is 810. The first-order valence-corrected chi connectivity index (χ1v) is 8.96. The van der Waals surface area contributed by atoms with Crippen LogP contribution in [0.4, 0.5) is 0 Å². The van der Waals surface area contributed by atoms with Gasteiger partial charge in [-0.2, -0.15) is 0 Å². The highest BCUT2D eigenvalue weighted by atomic mass is 127. The molecule has 2 aromatic rings. The van der Waals surface area contributed by atoms with Gasteiger partial charge in [-0.3, -0.25) is 4.79 Å². The van der Waals surface area contributed by atoms with E-state index in [2.05, 4.69) is 14.1 Å². The fourth-order valence-corrected chi connectivity index (χ4v) is 3.35. The van der Waals surface area contributed by atoms with Crippen molar-refractivity contribution in [3.63, 3.8) is 0 Å². The van der Waals surface area contributed by atoms with Crippen LogP contribution in [-0.2, 0) is 4.79 Å². The molecule has 0 aliphatic carbocycles. The van der Waals surface area contributed by atoms with Crippen molar-refractivity contribution in [2.24, 2.45) is 0 Å². The molecule has 1 aliphatic heterocycles. The number of quaternary nitrogens is 1. The molecule has 1 heterocycles. The van der Waals surface area contributed by atoms with Crippen LogP contribution < -0.4 is 33.5 Å². The van der Waals surface area contributed by atoms with Gasteiger partial charge in [0, 0.05) is 0 Å². The lowest BCUT2D eigenvalue weighted by molar-refractivity contribution is -0.881. The van der Waals surface area contributed by atoms with Gasteiger partial charge in [0.15, 0.2) is 5.78 Å². The van der Waals surface area contributed by atoms with Gasteiger partial charge in [-0.1, -0.05) is 24.3 Å². The van der Waals surface area contributed by atoms with Gasteiger partial charge >= 0.3 is 0 Å². The van der Waals surface area contributed by atoms with Crippen molar-refractivity contribution in [1.29, 1.82) is 0 Å². The number of ether oxygens (including phenoxy) is 2. The molecule has 0 amide bonds. The van der Waals surface area contributed by atoms with Crippen LogP contribution in [0.1, 0.15) is 11.1 Å². The van der Waals surface area contributed by atoms with Crippen LogP contribution >= 0.6 is 0 Å². The lowest BCUT2D eigenvalue weighted by Crippen LogP contribution is -3.00. The van der Waals surface area contributed by atoms with Crippen LogP contribution in [-0.4, -0.2) is 51.7 Å². The molecule has 1 aliphatic rings. The number of ketones is 1. The van der Waals surface area contributed by atoms with E-state index in [-0.39, 0.29) is 29.8 Å². The third kappa shape index (κ3) is 5.45. The molecule has 1 fully saturated rings. The second-order valence-corrected chi connectivity index (χ2v) is 7.47. The summed E-state index contributed by atoms with van der Waals surface area (Å²) in [5.74, 6) is 1.74. The van der Waals surface area contributed by atoms with Crippen molar-refractivity contribution in [2.75, 3.05) is 41.4 Å². The number of carbonyl (C=O) groups is 1. The Kier molecular flexibility index (Phi) is 7.43. The molecule has 28 heavy (non-hydrogen) atoms. The highest BCUT2D eigenvalue weighted by Crippen LogP contribution is 2.25. The largest absolute Gasteiger partial charge is 1.00 e. The number of hydrogen-bond donors (Lipinski definition) is 0. The Labute approximate surface area is 184 Å². The topological polar surface area (TPSA) is 35.5 Å². The summed E-state index contributed by atoms with van der Waals surface area (Å²) in [6.45, 7) is 1.43. The Hall–Kier alpha value is -2.12. The molecular formula is C23H26INO3. The monoisotopic (exact) mass is 491 g/mol. The van der Waals surface area contributed by atoms with Gasteiger partial charge in [0.05, 0.1) is 39.5 Å². The molecule has 4 nitrogen and oxygen atoms in total. The smallest absolute Gasteiger partial charge is 0.196 e. The van der Waals surface area contributed by atoms with E-state index in [1.165, 1.54) is 0 Å². The lowest BCUT2D eigenvalue weighted by atomic mass is 9.93. The van der Waals surface area contributed by atoms with E-state index in [4.69, 9.17) is 9.47 Å².